The first kappa shape index (κ1) is 8.36. The Morgan fingerprint density at radius 2 is 2.23 bits per heavy atom. The van der Waals surface area contributed by atoms with Crippen LogP contribution in [0.2, 0.25) is 0 Å². The maximum Gasteiger partial charge on any atom is 0.130 e. The topological polar surface area (TPSA) is 9.23 Å². The summed E-state index contributed by atoms with van der Waals surface area (Å²) in [5, 5.41) is 0. The van der Waals surface area contributed by atoms with Crippen LogP contribution in [0.15, 0.2) is 36.1 Å². The van der Waals surface area contributed by atoms with E-state index in [0.29, 0.717) is 0 Å². The van der Waals surface area contributed by atoms with Crippen molar-refractivity contribution in [2.45, 2.75) is 26.2 Å². The summed E-state index contributed by atoms with van der Waals surface area (Å²) in [5.41, 5.74) is 1.31. The fourth-order valence-electron chi connectivity index (χ4n) is 1.53. The molecule has 0 saturated heterocycles. The van der Waals surface area contributed by atoms with Crippen LogP contribution in [0.5, 0.6) is 5.75 Å². The van der Waals surface area contributed by atoms with Crippen molar-refractivity contribution in [1.82, 2.24) is 0 Å². The zero-order valence-corrected chi connectivity index (χ0v) is 7.92. The number of hydrogen-bond acceptors (Lipinski definition) is 1. The normalized spacial score (nSPS) is 17.2. The van der Waals surface area contributed by atoms with E-state index >= 15 is 0 Å². The summed E-state index contributed by atoms with van der Waals surface area (Å²) in [5.74, 6) is 2.15. The average molecular weight is 174 g/mol. The van der Waals surface area contributed by atoms with Crippen molar-refractivity contribution in [1.29, 1.82) is 0 Å². The first-order valence-electron chi connectivity index (χ1n) is 4.85. The van der Waals surface area contributed by atoms with Gasteiger partial charge in [-0.2, -0.15) is 0 Å². The number of fused-ring (bicyclic) bond motifs is 1. The molecule has 1 aliphatic rings. The first-order chi connectivity index (χ1) is 6.40. The van der Waals surface area contributed by atoms with Gasteiger partial charge in [0.05, 0.1) is 0 Å². The van der Waals surface area contributed by atoms with Crippen LogP contribution < -0.4 is 4.74 Å². The number of benzene rings is 1. The number of hydrogen-bond donors (Lipinski definition) is 0. The molecule has 0 spiro atoms. The highest BCUT2D eigenvalue weighted by atomic mass is 16.5. The molecule has 0 radical (unpaired) electrons. The molecule has 0 fully saturated rings. The Kier molecular flexibility index (Phi) is 2.35. The standard InChI is InChI=1S/C12H14O/c1-2-3-7-11-9-10-6-4-5-8-12(10)13-11/h4-8H,2-3,9H2,1H3. The van der Waals surface area contributed by atoms with Gasteiger partial charge in [-0.1, -0.05) is 31.5 Å². The highest BCUT2D eigenvalue weighted by molar-refractivity contribution is 5.41. The average Bonchev–Trinajstić information content (AvgIpc) is 2.57. The van der Waals surface area contributed by atoms with E-state index in [1.54, 1.807) is 0 Å². The molecule has 2 rings (SSSR count). The minimum absolute atomic E-state index is 0.968. The van der Waals surface area contributed by atoms with E-state index in [1.807, 2.05) is 12.1 Å². The molecular formula is C12H14O. The maximum absolute atomic E-state index is 5.67. The van der Waals surface area contributed by atoms with Gasteiger partial charge in [-0.15, -0.1) is 0 Å². The van der Waals surface area contributed by atoms with Crippen molar-refractivity contribution >= 4 is 0 Å². The van der Waals surface area contributed by atoms with E-state index in [0.717, 1.165) is 24.4 Å². The van der Waals surface area contributed by atoms with E-state index in [-0.39, 0.29) is 0 Å². The molecule has 0 aliphatic carbocycles. The van der Waals surface area contributed by atoms with Gasteiger partial charge in [-0.3, -0.25) is 0 Å². The Morgan fingerprint density at radius 3 is 3.00 bits per heavy atom. The Labute approximate surface area is 79.0 Å². The SMILES string of the molecule is CCCC=C1Cc2ccccc2O1. The maximum atomic E-state index is 5.67. The molecule has 68 valence electrons. The lowest BCUT2D eigenvalue weighted by atomic mass is 10.1. The van der Waals surface area contributed by atoms with E-state index in [2.05, 4.69) is 25.1 Å². The van der Waals surface area contributed by atoms with Gasteiger partial charge in [-0.25, -0.2) is 0 Å². The molecule has 1 aliphatic heterocycles. The molecule has 0 N–H and O–H groups in total. The molecule has 13 heavy (non-hydrogen) atoms. The molecule has 1 aromatic carbocycles. The van der Waals surface area contributed by atoms with Crippen molar-refractivity contribution in [2.24, 2.45) is 0 Å². The molecule has 0 aromatic heterocycles. The fourth-order valence-corrected chi connectivity index (χ4v) is 1.53. The summed E-state index contributed by atoms with van der Waals surface area (Å²) in [4.78, 5) is 0. The molecular weight excluding hydrogens is 160 g/mol. The molecule has 0 unspecified atom stereocenters. The van der Waals surface area contributed by atoms with E-state index in [1.165, 1.54) is 12.0 Å². The van der Waals surface area contributed by atoms with Crippen LogP contribution in [-0.4, -0.2) is 0 Å². The van der Waals surface area contributed by atoms with Crippen molar-refractivity contribution in [3.05, 3.63) is 41.7 Å². The number of allylic oxidation sites excluding steroid dienone is 2. The number of ether oxygens (including phenoxy) is 1. The minimum Gasteiger partial charge on any atom is -0.461 e. The van der Waals surface area contributed by atoms with Gasteiger partial charge < -0.3 is 4.74 Å². The molecule has 0 amide bonds. The smallest absolute Gasteiger partial charge is 0.130 e. The van der Waals surface area contributed by atoms with Gasteiger partial charge in [0.1, 0.15) is 11.5 Å². The Hall–Kier alpha value is -1.24. The first-order valence-corrected chi connectivity index (χ1v) is 4.85. The van der Waals surface area contributed by atoms with Crippen molar-refractivity contribution in [2.75, 3.05) is 0 Å². The van der Waals surface area contributed by atoms with Crippen LogP contribution in [0, 0.1) is 0 Å². The molecule has 0 saturated carbocycles. The zero-order chi connectivity index (χ0) is 9.10. The molecule has 0 atom stereocenters. The summed E-state index contributed by atoms with van der Waals surface area (Å²) >= 11 is 0. The minimum atomic E-state index is 0.968. The lowest BCUT2D eigenvalue weighted by molar-refractivity contribution is 0.443. The van der Waals surface area contributed by atoms with Crippen molar-refractivity contribution < 1.29 is 4.74 Å². The highest BCUT2D eigenvalue weighted by Gasteiger charge is 2.15. The lowest BCUT2D eigenvalue weighted by Gasteiger charge is -1.97. The van der Waals surface area contributed by atoms with Crippen LogP contribution in [0.3, 0.4) is 0 Å². The molecule has 1 aromatic rings. The largest absolute Gasteiger partial charge is 0.461 e. The van der Waals surface area contributed by atoms with E-state index < -0.39 is 0 Å². The zero-order valence-electron chi connectivity index (χ0n) is 7.92. The fraction of sp³-hybridized carbons (Fsp3) is 0.333. The quantitative estimate of drug-likeness (QED) is 0.668. The number of rotatable bonds is 2. The van der Waals surface area contributed by atoms with Crippen LogP contribution in [0.4, 0.5) is 0 Å². The van der Waals surface area contributed by atoms with Crippen molar-refractivity contribution in [3.63, 3.8) is 0 Å². The molecule has 1 heteroatoms. The molecule has 0 bridgehead atoms. The summed E-state index contributed by atoms with van der Waals surface area (Å²) < 4.78 is 5.67. The van der Waals surface area contributed by atoms with Crippen LogP contribution in [-0.2, 0) is 6.42 Å². The molecule has 1 nitrogen and oxygen atoms in total. The summed E-state index contributed by atoms with van der Waals surface area (Å²) in [6.07, 6.45) is 5.46. The van der Waals surface area contributed by atoms with Crippen molar-refractivity contribution in [3.8, 4) is 5.75 Å². The Bertz CT molecular complexity index is 299. The third-order valence-corrected chi connectivity index (χ3v) is 2.24. The Balaban J connectivity index is 2.13. The molecule has 1 heterocycles. The highest BCUT2D eigenvalue weighted by Crippen LogP contribution is 2.30. The van der Waals surface area contributed by atoms with Crippen LogP contribution in [0.1, 0.15) is 25.3 Å². The second kappa shape index (κ2) is 3.65. The number of para-hydroxylation sites is 1. The second-order valence-electron chi connectivity index (χ2n) is 3.35. The second-order valence-corrected chi connectivity index (χ2v) is 3.35. The van der Waals surface area contributed by atoms with Gasteiger partial charge in [0.25, 0.3) is 0 Å². The van der Waals surface area contributed by atoms with E-state index in [4.69, 9.17) is 4.74 Å². The van der Waals surface area contributed by atoms with E-state index in [9.17, 15) is 0 Å². The third kappa shape index (κ3) is 1.74. The number of unbranched alkanes of at least 4 members (excludes halogenated alkanes) is 1. The monoisotopic (exact) mass is 174 g/mol. The van der Waals surface area contributed by atoms with Gasteiger partial charge in [0.15, 0.2) is 0 Å². The van der Waals surface area contributed by atoms with Crippen LogP contribution >= 0.6 is 0 Å². The van der Waals surface area contributed by atoms with Gasteiger partial charge in [0, 0.05) is 12.0 Å². The summed E-state index contributed by atoms with van der Waals surface area (Å²) in [6.45, 7) is 2.18. The predicted molar refractivity (Wildman–Crippen MR) is 53.8 cm³/mol. The lowest BCUT2D eigenvalue weighted by Crippen LogP contribution is -1.86. The Morgan fingerprint density at radius 1 is 1.38 bits per heavy atom. The summed E-state index contributed by atoms with van der Waals surface area (Å²) in [6, 6.07) is 8.23. The van der Waals surface area contributed by atoms with Gasteiger partial charge in [-0.05, 0) is 18.6 Å². The third-order valence-electron chi connectivity index (χ3n) is 2.24. The van der Waals surface area contributed by atoms with Gasteiger partial charge in [0.2, 0.25) is 0 Å². The predicted octanol–water partition coefficient (Wildman–Crippen LogP) is 3.31. The van der Waals surface area contributed by atoms with Gasteiger partial charge >= 0.3 is 0 Å². The van der Waals surface area contributed by atoms with Crippen LogP contribution in [0.25, 0.3) is 0 Å². The summed E-state index contributed by atoms with van der Waals surface area (Å²) in [7, 11) is 0.